The smallest absolute Gasteiger partial charge is 0.310 e. The van der Waals surface area contributed by atoms with Gasteiger partial charge in [0.2, 0.25) is 0 Å². The molecule has 0 aliphatic rings. The van der Waals surface area contributed by atoms with E-state index in [1.807, 2.05) is 36.4 Å². The molecule has 0 aromatic heterocycles. The van der Waals surface area contributed by atoms with Crippen LogP contribution >= 0.6 is 0 Å². The van der Waals surface area contributed by atoms with Crippen LogP contribution < -0.4 is 5.32 Å². The molecule has 0 aliphatic heterocycles. The molecule has 3 nitrogen and oxygen atoms in total. The molecule has 3 aromatic carbocycles. The lowest BCUT2D eigenvalue weighted by Gasteiger charge is -2.30. The number of methoxy groups -OCH3 is 1. The molecule has 29 heavy (non-hydrogen) atoms. The molecule has 0 bridgehead atoms. The topological polar surface area (TPSA) is 38.3 Å². The number of ether oxygens (including phenoxy) is 1. The molecule has 1 N–H and O–H groups in total. The van der Waals surface area contributed by atoms with E-state index in [1.54, 1.807) is 0 Å². The molecule has 0 spiro atoms. The van der Waals surface area contributed by atoms with E-state index in [1.165, 1.54) is 18.2 Å². The Bertz CT molecular complexity index is 891. The van der Waals surface area contributed by atoms with Crippen molar-refractivity contribution in [2.24, 2.45) is 5.92 Å². The summed E-state index contributed by atoms with van der Waals surface area (Å²) in [6, 6.07) is 28.7. The van der Waals surface area contributed by atoms with Gasteiger partial charge in [-0.25, -0.2) is 0 Å². The van der Waals surface area contributed by atoms with Crippen LogP contribution in [0.25, 0.3) is 0 Å². The van der Waals surface area contributed by atoms with Crippen molar-refractivity contribution >= 4 is 5.97 Å². The van der Waals surface area contributed by atoms with E-state index in [-0.39, 0.29) is 24.0 Å². The number of carbonyl (C=O) groups excluding carboxylic acids is 1. The van der Waals surface area contributed by atoms with Crippen LogP contribution in [-0.4, -0.2) is 13.1 Å². The van der Waals surface area contributed by atoms with Gasteiger partial charge < -0.3 is 10.1 Å². The molecule has 3 rings (SSSR count). The summed E-state index contributed by atoms with van der Waals surface area (Å²) in [4.78, 5) is 12.9. The fraction of sp³-hybridized carbons (Fsp3) is 0.269. The Morgan fingerprint density at radius 3 is 2.03 bits per heavy atom. The molecule has 3 aromatic rings. The highest BCUT2D eigenvalue weighted by Crippen LogP contribution is 2.30. The summed E-state index contributed by atoms with van der Waals surface area (Å²) in [5, 5.41) is 3.70. The molecule has 0 heterocycles. The normalized spacial score (nSPS) is 14.0. The average Bonchev–Trinajstić information content (AvgIpc) is 2.77. The zero-order valence-corrected chi connectivity index (χ0v) is 17.3. The van der Waals surface area contributed by atoms with Gasteiger partial charge in [-0.3, -0.25) is 4.79 Å². The molecular weight excluding hydrogens is 358 g/mol. The largest absolute Gasteiger partial charge is 0.469 e. The molecule has 0 amide bonds. The highest BCUT2D eigenvalue weighted by Gasteiger charge is 2.32. The van der Waals surface area contributed by atoms with E-state index in [2.05, 4.69) is 67.7 Å². The third kappa shape index (κ3) is 5.55. The minimum absolute atomic E-state index is 0.0884. The van der Waals surface area contributed by atoms with Gasteiger partial charge >= 0.3 is 5.97 Å². The van der Waals surface area contributed by atoms with Gasteiger partial charge in [-0.05, 0) is 37.0 Å². The maximum Gasteiger partial charge on any atom is 0.310 e. The van der Waals surface area contributed by atoms with Gasteiger partial charge in [0.1, 0.15) is 0 Å². The molecule has 0 radical (unpaired) electrons. The first-order valence-electron chi connectivity index (χ1n) is 10.1. The third-order valence-electron chi connectivity index (χ3n) is 5.37. The Morgan fingerprint density at radius 2 is 1.45 bits per heavy atom. The molecule has 3 heteroatoms. The van der Waals surface area contributed by atoms with Crippen molar-refractivity contribution in [1.29, 1.82) is 0 Å². The molecular formula is C26H29NO2. The third-order valence-corrected chi connectivity index (χ3v) is 5.37. The van der Waals surface area contributed by atoms with Crippen molar-refractivity contribution in [3.63, 3.8) is 0 Å². The predicted octanol–water partition coefficient (Wildman–Crippen LogP) is 5.42. The van der Waals surface area contributed by atoms with E-state index in [0.717, 1.165) is 11.1 Å². The summed E-state index contributed by atoms with van der Waals surface area (Å²) in [6.45, 7) is 4.20. The van der Waals surface area contributed by atoms with Gasteiger partial charge in [-0.1, -0.05) is 90.5 Å². The van der Waals surface area contributed by atoms with E-state index in [0.29, 0.717) is 6.42 Å². The van der Waals surface area contributed by atoms with Gasteiger partial charge in [0, 0.05) is 12.1 Å². The number of hydrogen-bond donors (Lipinski definition) is 1. The monoisotopic (exact) mass is 387 g/mol. The van der Waals surface area contributed by atoms with Crippen molar-refractivity contribution in [3.8, 4) is 0 Å². The van der Waals surface area contributed by atoms with Crippen molar-refractivity contribution in [3.05, 3.63) is 107 Å². The lowest BCUT2D eigenvalue weighted by Crippen LogP contribution is -2.36. The lowest BCUT2D eigenvalue weighted by atomic mass is 9.86. The number of rotatable bonds is 8. The predicted molar refractivity (Wildman–Crippen MR) is 118 cm³/mol. The van der Waals surface area contributed by atoms with E-state index in [9.17, 15) is 4.79 Å². The zero-order valence-electron chi connectivity index (χ0n) is 17.3. The van der Waals surface area contributed by atoms with Crippen LogP contribution in [0.2, 0.25) is 0 Å². The fourth-order valence-electron chi connectivity index (χ4n) is 3.68. The Morgan fingerprint density at radius 1 is 0.862 bits per heavy atom. The summed E-state index contributed by atoms with van der Waals surface area (Å²) in [5.41, 5.74) is 4.59. The molecule has 0 aliphatic carbocycles. The van der Waals surface area contributed by atoms with Gasteiger partial charge in [-0.15, -0.1) is 0 Å². The molecule has 0 unspecified atom stereocenters. The van der Waals surface area contributed by atoms with Crippen LogP contribution in [0.15, 0.2) is 84.9 Å². The van der Waals surface area contributed by atoms with Crippen LogP contribution in [0.3, 0.4) is 0 Å². The SMILES string of the molecule is COC(=O)[C@@H](Cc1ccccc1)[C@H](N[C@H](C)c1ccccc1)c1ccc(C)cc1. The van der Waals surface area contributed by atoms with Crippen molar-refractivity contribution < 1.29 is 9.53 Å². The minimum Gasteiger partial charge on any atom is -0.469 e. The fourth-order valence-corrected chi connectivity index (χ4v) is 3.68. The number of benzene rings is 3. The molecule has 0 fully saturated rings. The van der Waals surface area contributed by atoms with Gasteiger partial charge in [0.05, 0.1) is 13.0 Å². The number of carbonyl (C=O) groups is 1. The zero-order chi connectivity index (χ0) is 20.6. The Labute approximate surface area is 173 Å². The first-order valence-corrected chi connectivity index (χ1v) is 10.1. The molecule has 3 atom stereocenters. The average molecular weight is 388 g/mol. The minimum atomic E-state index is -0.337. The second-order valence-electron chi connectivity index (χ2n) is 7.51. The van der Waals surface area contributed by atoms with Crippen molar-refractivity contribution in [1.82, 2.24) is 5.32 Å². The highest BCUT2D eigenvalue weighted by atomic mass is 16.5. The maximum absolute atomic E-state index is 12.9. The lowest BCUT2D eigenvalue weighted by molar-refractivity contribution is -0.146. The Balaban J connectivity index is 1.96. The van der Waals surface area contributed by atoms with E-state index in [4.69, 9.17) is 4.74 Å². The second kappa shape index (κ2) is 10.0. The summed E-state index contributed by atoms with van der Waals surface area (Å²) in [6.07, 6.45) is 0.612. The quantitative estimate of drug-likeness (QED) is 0.525. The number of hydrogen-bond acceptors (Lipinski definition) is 3. The molecule has 0 saturated heterocycles. The second-order valence-corrected chi connectivity index (χ2v) is 7.51. The van der Waals surface area contributed by atoms with Crippen LogP contribution in [0.1, 0.15) is 41.3 Å². The van der Waals surface area contributed by atoms with Crippen LogP contribution in [-0.2, 0) is 16.0 Å². The highest BCUT2D eigenvalue weighted by molar-refractivity contribution is 5.74. The summed E-state index contributed by atoms with van der Waals surface area (Å²) in [5.74, 6) is -0.538. The molecule has 0 saturated carbocycles. The first kappa shape index (κ1) is 20.8. The first-order chi connectivity index (χ1) is 14.1. The van der Waals surface area contributed by atoms with E-state index < -0.39 is 0 Å². The standard InChI is InChI=1S/C26H29NO2/c1-19-14-16-23(17-15-19)25(27-20(2)22-12-8-5-9-13-22)24(26(28)29-3)18-21-10-6-4-7-11-21/h4-17,20,24-25,27H,18H2,1-3H3/t20-,24+,25-/m1/s1. The summed E-state index contributed by atoms with van der Waals surface area (Å²) < 4.78 is 5.22. The number of aryl methyl sites for hydroxylation is 1. The van der Waals surface area contributed by atoms with E-state index >= 15 is 0 Å². The summed E-state index contributed by atoms with van der Waals surface area (Å²) >= 11 is 0. The van der Waals surface area contributed by atoms with Gasteiger partial charge in [0.15, 0.2) is 0 Å². The number of nitrogens with one attached hydrogen (secondary N) is 1. The summed E-state index contributed by atoms with van der Waals surface area (Å²) in [7, 11) is 1.47. The van der Waals surface area contributed by atoms with Crippen molar-refractivity contribution in [2.45, 2.75) is 32.4 Å². The van der Waals surface area contributed by atoms with Crippen LogP contribution in [0, 0.1) is 12.8 Å². The van der Waals surface area contributed by atoms with Gasteiger partial charge in [0.25, 0.3) is 0 Å². The van der Waals surface area contributed by atoms with Gasteiger partial charge in [-0.2, -0.15) is 0 Å². The van der Waals surface area contributed by atoms with Crippen LogP contribution in [0.4, 0.5) is 0 Å². The Kier molecular flexibility index (Phi) is 7.20. The molecule has 150 valence electrons. The Hall–Kier alpha value is -2.91. The number of esters is 1. The van der Waals surface area contributed by atoms with Crippen LogP contribution in [0.5, 0.6) is 0 Å². The van der Waals surface area contributed by atoms with Crippen molar-refractivity contribution in [2.75, 3.05) is 7.11 Å². The maximum atomic E-state index is 12.9.